The van der Waals surface area contributed by atoms with E-state index in [-0.39, 0.29) is 16.8 Å². The van der Waals surface area contributed by atoms with Gasteiger partial charge in [0, 0.05) is 44.0 Å². The molecule has 1 aliphatic rings. The van der Waals surface area contributed by atoms with Crippen LogP contribution < -0.4 is 9.62 Å². The van der Waals surface area contributed by atoms with E-state index >= 15 is 0 Å². The average Bonchev–Trinajstić information content (AvgIpc) is 2.78. The molecule has 11 heteroatoms. The summed E-state index contributed by atoms with van der Waals surface area (Å²) in [6.07, 6.45) is -2.97. The van der Waals surface area contributed by atoms with Crippen molar-refractivity contribution in [2.75, 3.05) is 31.1 Å². The molecule has 0 spiro atoms. The van der Waals surface area contributed by atoms with E-state index in [1.165, 1.54) is 30.3 Å². The molecule has 174 valence electrons. The number of piperazine rings is 1. The van der Waals surface area contributed by atoms with Crippen molar-refractivity contribution in [3.8, 4) is 0 Å². The highest BCUT2D eigenvalue weighted by molar-refractivity contribution is 7.89. The third-order valence-electron chi connectivity index (χ3n) is 5.35. The highest BCUT2D eigenvalue weighted by Crippen LogP contribution is 2.29. The summed E-state index contributed by atoms with van der Waals surface area (Å²) in [7, 11) is -3.65. The number of aromatic nitrogens is 1. The van der Waals surface area contributed by atoms with E-state index < -0.39 is 21.8 Å². The van der Waals surface area contributed by atoms with Gasteiger partial charge in [0.25, 0.3) is 5.91 Å². The number of hydrogen-bond acceptors (Lipinski definition) is 5. The molecule has 3 rings (SSSR count). The smallest absolute Gasteiger partial charge is 0.353 e. The fraction of sp³-hybridized carbons (Fsp3) is 0.429. The first-order valence-corrected chi connectivity index (χ1v) is 11.7. The molecule has 1 saturated heterocycles. The lowest BCUT2D eigenvalue weighted by atomic mass is 10.2. The average molecular weight is 471 g/mol. The Kier molecular flexibility index (Phi) is 7.09. The van der Waals surface area contributed by atoms with Crippen molar-refractivity contribution in [3.63, 3.8) is 0 Å². The standard InChI is InChI=1S/C21H25F3N4O3S/c1-3-15(2)26-32(30,31)18-7-4-16(5-8-18)20(29)28-12-10-27(11-13-28)19-9-6-17(14-25-19)21(22,23)24/h4-9,14-15,26H,3,10-13H2,1-2H3/t15-/m0/s1. The third kappa shape index (κ3) is 5.57. The lowest BCUT2D eigenvalue weighted by Crippen LogP contribution is -2.49. The van der Waals surface area contributed by atoms with E-state index in [4.69, 9.17) is 0 Å². The van der Waals surface area contributed by atoms with Crippen LogP contribution in [0.3, 0.4) is 0 Å². The first kappa shape index (κ1) is 24.0. The Bertz CT molecular complexity index is 1030. The number of alkyl halides is 3. The topological polar surface area (TPSA) is 82.6 Å². The number of nitrogens with zero attached hydrogens (tertiary/aromatic N) is 3. The van der Waals surface area contributed by atoms with Gasteiger partial charge in [-0.15, -0.1) is 0 Å². The second kappa shape index (κ2) is 9.45. The molecule has 32 heavy (non-hydrogen) atoms. The third-order valence-corrected chi connectivity index (χ3v) is 6.95. The van der Waals surface area contributed by atoms with Gasteiger partial charge in [-0.05, 0) is 49.7 Å². The molecule has 1 fully saturated rings. The Balaban J connectivity index is 1.60. The molecule has 1 aromatic heterocycles. The Morgan fingerprint density at radius 2 is 1.72 bits per heavy atom. The van der Waals surface area contributed by atoms with Gasteiger partial charge in [0.05, 0.1) is 10.5 Å². The number of rotatable bonds is 6. The van der Waals surface area contributed by atoms with Crippen LogP contribution in [-0.4, -0.2) is 56.4 Å². The number of amides is 1. The van der Waals surface area contributed by atoms with Crippen molar-refractivity contribution in [1.29, 1.82) is 0 Å². The zero-order valence-corrected chi connectivity index (χ0v) is 18.6. The largest absolute Gasteiger partial charge is 0.417 e. The van der Waals surface area contributed by atoms with Crippen molar-refractivity contribution in [1.82, 2.24) is 14.6 Å². The Morgan fingerprint density at radius 1 is 1.09 bits per heavy atom. The number of benzene rings is 1. The predicted molar refractivity (Wildman–Crippen MR) is 114 cm³/mol. The minimum Gasteiger partial charge on any atom is -0.353 e. The van der Waals surface area contributed by atoms with Crippen molar-refractivity contribution >= 4 is 21.7 Å². The molecule has 0 radical (unpaired) electrons. The normalized spacial score (nSPS) is 16.2. The summed E-state index contributed by atoms with van der Waals surface area (Å²) in [5, 5.41) is 0. The van der Waals surface area contributed by atoms with Crippen LogP contribution in [0.1, 0.15) is 36.2 Å². The van der Waals surface area contributed by atoms with Gasteiger partial charge in [-0.2, -0.15) is 13.2 Å². The molecule has 1 aromatic carbocycles. The van der Waals surface area contributed by atoms with Crippen LogP contribution in [0.5, 0.6) is 0 Å². The lowest BCUT2D eigenvalue weighted by Gasteiger charge is -2.35. The molecule has 0 saturated carbocycles. The van der Waals surface area contributed by atoms with E-state index in [1.807, 2.05) is 11.8 Å². The van der Waals surface area contributed by atoms with Gasteiger partial charge in [-0.1, -0.05) is 6.92 Å². The van der Waals surface area contributed by atoms with Crippen LogP contribution in [0.4, 0.5) is 19.0 Å². The van der Waals surface area contributed by atoms with Crippen LogP contribution in [0.25, 0.3) is 0 Å². The molecule has 2 heterocycles. The van der Waals surface area contributed by atoms with Gasteiger partial charge < -0.3 is 9.80 Å². The molecule has 7 nitrogen and oxygen atoms in total. The summed E-state index contributed by atoms with van der Waals surface area (Å²) in [6.45, 7) is 5.25. The second-order valence-electron chi connectivity index (χ2n) is 7.64. The highest BCUT2D eigenvalue weighted by atomic mass is 32.2. The lowest BCUT2D eigenvalue weighted by molar-refractivity contribution is -0.137. The number of nitrogens with one attached hydrogen (secondary N) is 1. The van der Waals surface area contributed by atoms with E-state index in [9.17, 15) is 26.4 Å². The van der Waals surface area contributed by atoms with Gasteiger partial charge >= 0.3 is 6.18 Å². The van der Waals surface area contributed by atoms with Crippen LogP contribution in [0.15, 0.2) is 47.5 Å². The first-order valence-electron chi connectivity index (χ1n) is 10.2. The Morgan fingerprint density at radius 3 is 2.22 bits per heavy atom. The fourth-order valence-corrected chi connectivity index (χ4v) is 4.58. The Labute approximate surface area is 185 Å². The van der Waals surface area contributed by atoms with Gasteiger partial charge in [0.2, 0.25) is 10.0 Å². The zero-order chi connectivity index (χ0) is 23.5. The molecular formula is C21H25F3N4O3S. The maximum atomic E-state index is 12.8. The number of carbonyl (C=O) groups is 1. The molecular weight excluding hydrogens is 445 g/mol. The van der Waals surface area contributed by atoms with Crippen LogP contribution in [0, 0.1) is 0 Å². The number of anilines is 1. The number of pyridine rings is 1. The molecule has 1 N–H and O–H groups in total. The van der Waals surface area contributed by atoms with Crippen LogP contribution in [0.2, 0.25) is 0 Å². The minimum atomic E-state index is -4.43. The maximum absolute atomic E-state index is 12.8. The number of carbonyl (C=O) groups excluding carboxylic acids is 1. The molecule has 0 unspecified atom stereocenters. The predicted octanol–water partition coefficient (Wildman–Crippen LogP) is 3.14. The number of halogens is 3. The monoisotopic (exact) mass is 470 g/mol. The fourth-order valence-electron chi connectivity index (χ4n) is 3.25. The number of sulfonamides is 1. The summed E-state index contributed by atoms with van der Waals surface area (Å²) >= 11 is 0. The summed E-state index contributed by atoms with van der Waals surface area (Å²) in [5.41, 5.74) is -0.437. The summed E-state index contributed by atoms with van der Waals surface area (Å²) in [4.78, 5) is 20.2. The van der Waals surface area contributed by atoms with Crippen molar-refractivity contribution in [2.24, 2.45) is 0 Å². The molecule has 1 aliphatic heterocycles. The van der Waals surface area contributed by atoms with E-state index in [2.05, 4.69) is 9.71 Å². The van der Waals surface area contributed by atoms with Gasteiger partial charge in [-0.25, -0.2) is 18.1 Å². The van der Waals surface area contributed by atoms with E-state index in [0.717, 1.165) is 12.3 Å². The van der Waals surface area contributed by atoms with Crippen LogP contribution in [-0.2, 0) is 16.2 Å². The zero-order valence-electron chi connectivity index (χ0n) is 17.8. The quantitative estimate of drug-likeness (QED) is 0.702. The minimum absolute atomic E-state index is 0.0903. The maximum Gasteiger partial charge on any atom is 0.417 e. The van der Waals surface area contributed by atoms with Gasteiger partial charge in [0.15, 0.2) is 0 Å². The van der Waals surface area contributed by atoms with Crippen molar-refractivity contribution in [2.45, 2.75) is 37.4 Å². The van der Waals surface area contributed by atoms with E-state index in [0.29, 0.717) is 44.0 Å². The molecule has 0 aliphatic carbocycles. The SMILES string of the molecule is CC[C@H](C)NS(=O)(=O)c1ccc(C(=O)N2CCN(c3ccc(C(F)(F)F)cn3)CC2)cc1. The van der Waals surface area contributed by atoms with Crippen molar-refractivity contribution < 1.29 is 26.4 Å². The van der Waals surface area contributed by atoms with Crippen molar-refractivity contribution in [3.05, 3.63) is 53.7 Å². The molecule has 1 amide bonds. The summed E-state index contributed by atoms with van der Waals surface area (Å²) < 4.78 is 65.3. The summed E-state index contributed by atoms with van der Waals surface area (Å²) in [6, 6.07) is 7.89. The number of hydrogen-bond donors (Lipinski definition) is 1. The second-order valence-corrected chi connectivity index (χ2v) is 9.35. The van der Waals surface area contributed by atoms with Gasteiger partial charge in [0.1, 0.15) is 5.82 Å². The first-order chi connectivity index (χ1) is 15.0. The van der Waals surface area contributed by atoms with Crippen LogP contribution >= 0.6 is 0 Å². The molecule has 1 atom stereocenters. The Hall–Kier alpha value is -2.66. The molecule has 0 bridgehead atoms. The van der Waals surface area contributed by atoms with Gasteiger partial charge in [-0.3, -0.25) is 4.79 Å². The molecule has 2 aromatic rings. The summed E-state index contributed by atoms with van der Waals surface area (Å²) in [5.74, 6) is 0.192. The highest BCUT2D eigenvalue weighted by Gasteiger charge is 2.31. The van der Waals surface area contributed by atoms with E-state index in [1.54, 1.807) is 11.8 Å².